The Kier molecular flexibility index (Phi) is 7.57. The van der Waals surface area contributed by atoms with E-state index in [1.807, 2.05) is 17.5 Å². The normalized spacial score (nSPS) is 13.4. The van der Waals surface area contributed by atoms with Crippen molar-refractivity contribution in [3.8, 4) is 0 Å². The van der Waals surface area contributed by atoms with Gasteiger partial charge in [-0.3, -0.25) is 0 Å². The number of likely N-dealkylation sites (N-methyl/N-ethyl adjacent to an activating group) is 1. The Morgan fingerprint density at radius 3 is 2.42 bits per heavy atom. The van der Waals surface area contributed by atoms with Crippen LogP contribution < -0.4 is 5.32 Å². The quantitative estimate of drug-likeness (QED) is 0.754. The Balaban J connectivity index is 2.43. The summed E-state index contributed by atoms with van der Waals surface area (Å²) in [7, 11) is 4.37. The Morgan fingerprint density at radius 2 is 1.95 bits per heavy atom. The maximum Gasteiger partial charge on any atom is 0.0925 e. The van der Waals surface area contributed by atoms with E-state index in [4.69, 9.17) is 0 Å². The standard InChI is InChI=1S/C15H29N3S/c1-6-12(7-2)14(18(4)5)11-16-9-13-10-17-15(8-3)19-13/h10,12,14,16H,6-9,11H2,1-5H3. The average molecular weight is 283 g/mol. The predicted octanol–water partition coefficient (Wildman–Crippen LogP) is 3.16. The van der Waals surface area contributed by atoms with E-state index in [1.54, 1.807) is 0 Å². The van der Waals surface area contributed by atoms with Crippen molar-refractivity contribution in [2.75, 3.05) is 20.6 Å². The molecule has 0 fully saturated rings. The fourth-order valence-electron chi connectivity index (χ4n) is 2.54. The molecular formula is C15H29N3S. The Labute approximate surface area is 122 Å². The first-order chi connectivity index (χ1) is 9.12. The second-order valence-corrected chi connectivity index (χ2v) is 6.51. The van der Waals surface area contributed by atoms with Crippen molar-refractivity contribution in [3.63, 3.8) is 0 Å². The maximum atomic E-state index is 4.40. The minimum atomic E-state index is 0.619. The number of nitrogens with zero attached hydrogens (tertiary/aromatic N) is 2. The van der Waals surface area contributed by atoms with Crippen molar-refractivity contribution < 1.29 is 0 Å². The van der Waals surface area contributed by atoms with Gasteiger partial charge in [0.25, 0.3) is 0 Å². The highest BCUT2D eigenvalue weighted by Crippen LogP contribution is 2.17. The third-order valence-corrected chi connectivity index (χ3v) is 4.95. The fourth-order valence-corrected chi connectivity index (χ4v) is 3.37. The molecule has 110 valence electrons. The van der Waals surface area contributed by atoms with Crippen LogP contribution in [0, 0.1) is 5.92 Å². The topological polar surface area (TPSA) is 28.2 Å². The lowest BCUT2D eigenvalue weighted by molar-refractivity contribution is 0.194. The van der Waals surface area contributed by atoms with Crippen molar-refractivity contribution in [2.24, 2.45) is 5.92 Å². The second-order valence-electron chi connectivity index (χ2n) is 5.31. The molecule has 0 saturated carbocycles. The molecular weight excluding hydrogens is 254 g/mol. The first-order valence-corrected chi connectivity index (χ1v) is 8.24. The highest BCUT2D eigenvalue weighted by atomic mass is 32.1. The van der Waals surface area contributed by atoms with Crippen LogP contribution in [0.2, 0.25) is 0 Å². The molecule has 1 aromatic heterocycles. The summed E-state index contributed by atoms with van der Waals surface area (Å²) in [6.45, 7) is 8.74. The largest absolute Gasteiger partial charge is 0.310 e. The van der Waals surface area contributed by atoms with Gasteiger partial charge in [-0.25, -0.2) is 4.98 Å². The summed E-state index contributed by atoms with van der Waals surface area (Å²) >= 11 is 1.83. The van der Waals surface area contributed by atoms with Crippen molar-refractivity contribution in [3.05, 3.63) is 16.1 Å². The molecule has 0 aliphatic rings. The molecule has 0 saturated heterocycles. The van der Waals surface area contributed by atoms with Crippen LogP contribution in [0.15, 0.2) is 6.20 Å². The van der Waals surface area contributed by atoms with Crippen molar-refractivity contribution in [1.82, 2.24) is 15.2 Å². The van der Waals surface area contributed by atoms with Gasteiger partial charge in [-0.05, 0) is 26.4 Å². The molecule has 0 spiro atoms. The minimum absolute atomic E-state index is 0.619. The van der Waals surface area contributed by atoms with Gasteiger partial charge < -0.3 is 10.2 Å². The molecule has 0 aliphatic carbocycles. The Hall–Kier alpha value is -0.450. The molecule has 0 bridgehead atoms. The van der Waals surface area contributed by atoms with Crippen LogP contribution in [0.5, 0.6) is 0 Å². The number of rotatable bonds is 9. The van der Waals surface area contributed by atoms with Gasteiger partial charge in [0.1, 0.15) is 0 Å². The number of hydrogen-bond donors (Lipinski definition) is 1. The summed E-state index contributed by atoms with van der Waals surface area (Å²) in [5.41, 5.74) is 0. The van der Waals surface area contributed by atoms with Gasteiger partial charge >= 0.3 is 0 Å². The van der Waals surface area contributed by atoms with Crippen LogP contribution in [0.4, 0.5) is 0 Å². The molecule has 1 aromatic rings. The lowest BCUT2D eigenvalue weighted by atomic mass is 9.93. The highest BCUT2D eigenvalue weighted by Gasteiger charge is 2.20. The average Bonchev–Trinajstić information content (AvgIpc) is 2.86. The SMILES string of the molecule is CCc1ncc(CNCC(C(CC)CC)N(C)C)s1. The molecule has 1 N–H and O–H groups in total. The molecule has 1 rings (SSSR count). The van der Waals surface area contributed by atoms with Crippen molar-refractivity contribution in [2.45, 2.75) is 52.6 Å². The summed E-state index contributed by atoms with van der Waals surface area (Å²) in [4.78, 5) is 8.11. The lowest BCUT2D eigenvalue weighted by Gasteiger charge is -2.31. The first-order valence-electron chi connectivity index (χ1n) is 7.42. The van der Waals surface area contributed by atoms with Gasteiger partial charge in [-0.2, -0.15) is 0 Å². The third-order valence-electron chi connectivity index (χ3n) is 3.81. The third kappa shape index (κ3) is 5.21. The smallest absolute Gasteiger partial charge is 0.0925 e. The van der Waals surface area contributed by atoms with E-state index < -0.39 is 0 Å². The predicted molar refractivity (Wildman–Crippen MR) is 84.7 cm³/mol. The van der Waals surface area contributed by atoms with Gasteiger partial charge in [0.15, 0.2) is 0 Å². The summed E-state index contributed by atoms with van der Waals surface area (Å²) in [5, 5.41) is 4.84. The van der Waals surface area contributed by atoms with E-state index in [9.17, 15) is 0 Å². The summed E-state index contributed by atoms with van der Waals surface area (Å²) in [6.07, 6.45) is 5.56. The second kappa shape index (κ2) is 8.67. The van der Waals surface area contributed by atoms with Gasteiger partial charge in [0, 0.05) is 30.2 Å². The van der Waals surface area contributed by atoms with E-state index >= 15 is 0 Å². The van der Waals surface area contributed by atoms with Crippen LogP contribution in [-0.4, -0.2) is 36.6 Å². The summed E-state index contributed by atoms with van der Waals surface area (Å²) < 4.78 is 0. The molecule has 0 radical (unpaired) electrons. The molecule has 3 nitrogen and oxygen atoms in total. The molecule has 0 aliphatic heterocycles. The molecule has 4 heteroatoms. The maximum absolute atomic E-state index is 4.40. The highest BCUT2D eigenvalue weighted by molar-refractivity contribution is 7.11. The van der Waals surface area contributed by atoms with Crippen molar-refractivity contribution in [1.29, 1.82) is 0 Å². The molecule has 1 atom stereocenters. The number of nitrogens with one attached hydrogen (secondary N) is 1. The van der Waals surface area contributed by atoms with E-state index in [0.717, 1.165) is 25.4 Å². The molecule has 0 aromatic carbocycles. The van der Waals surface area contributed by atoms with Crippen LogP contribution in [0.1, 0.15) is 43.5 Å². The van der Waals surface area contributed by atoms with Crippen LogP contribution in [-0.2, 0) is 13.0 Å². The number of aryl methyl sites for hydroxylation is 1. The Morgan fingerprint density at radius 1 is 1.26 bits per heavy atom. The number of thiazole rings is 1. The number of hydrogen-bond acceptors (Lipinski definition) is 4. The van der Waals surface area contributed by atoms with Gasteiger partial charge in [-0.1, -0.05) is 33.6 Å². The monoisotopic (exact) mass is 283 g/mol. The van der Waals surface area contributed by atoms with Gasteiger partial charge in [0.2, 0.25) is 0 Å². The van der Waals surface area contributed by atoms with Crippen LogP contribution in [0.25, 0.3) is 0 Å². The lowest BCUT2D eigenvalue weighted by Crippen LogP contribution is -2.42. The zero-order valence-electron chi connectivity index (χ0n) is 13.1. The molecule has 1 heterocycles. The molecule has 19 heavy (non-hydrogen) atoms. The number of aromatic nitrogens is 1. The van der Waals surface area contributed by atoms with Crippen LogP contribution >= 0.6 is 11.3 Å². The zero-order chi connectivity index (χ0) is 14.3. The van der Waals surface area contributed by atoms with E-state index in [0.29, 0.717) is 6.04 Å². The van der Waals surface area contributed by atoms with E-state index in [-0.39, 0.29) is 0 Å². The van der Waals surface area contributed by atoms with E-state index in [1.165, 1.54) is 22.7 Å². The van der Waals surface area contributed by atoms with Crippen molar-refractivity contribution >= 4 is 11.3 Å². The van der Waals surface area contributed by atoms with Gasteiger partial charge in [-0.15, -0.1) is 11.3 Å². The zero-order valence-corrected chi connectivity index (χ0v) is 13.9. The Bertz CT molecular complexity index is 345. The van der Waals surface area contributed by atoms with E-state index in [2.05, 4.69) is 50.1 Å². The summed E-state index contributed by atoms with van der Waals surface area (Å²) in [6, 6.07) is 0.619. The minimum Gasteiger partial charge on any atom is -0.310 e. The summed E-state index contributed by atoms with van der Waals surface area (Å²) in [5.74, 6) is 0.773. The van der Waals surface area contributed by atoms with Gasteiger partial charge in [0.05, 0.1) is 5.01 Å². The molecule has 0 amide bonds. The first kappa shape index (κ1) is 16.6. The fraction of sp³-hybridized carbons (Fsp3) is 0.800. The van der Waals surface area contributed by atoms with Crippen LogP contribution in [0.3, 0.4) is 0 Å². The molecule has 1 unspecified atom stereocenters.